The highest BCUT2D eigenvalue weighted by Gasteiger charge is 2.09. The average Bonchev–Trinajstić information content (AvgIpc) is 2.35. The summed E-state index contributed by atoms with van der Waals surface area (Å²) in [5, 5.41) is 11.1. The average molecular weight is 232 g/mol. The molecule has 1 aromatic rings. The number of carbonyl (C=O) groups is 1. The van der Waals surface area contributed by atoms with Gasteiger partial charge in [0.2, 0.25) is 0 Å². The summed E-state index contributed by atoms with van der Waals surface area (Å²) >= 11 is 0. The van der Waals surface area contributed by atoms with Crippen molar-refractivity contribution in [3.63, 3.8) is 0 Å². The minimum Gasteiger partial charge on any atom is -0.397 e. The Balaban J connectivity index is 2.98. The zero-order valence-corrected chi connectivity index (χ0v) is 10.0. The number of nitrogens with one attached hydrogen (secondary N) is 1. The first-order valence-electron chi connectivity index (χ1n) is 5.30. The van der Waals surface area contributed by atoms with Gasteiger partial charge in [-0.3, -0.25) is 4.79 Å². The van der Waals surface area contributed by atoms with Crippen molar-refractivity contribution in [2.45, 2.75) is 6.42 Å². The van der Waals surface area contributed by atoms with Crippen molar-refractivity contribution in [3.05, 3.63) is 23.8 Å². The zero-order chi connectivity index (χ0) is 12.8. The Morgan fingerprint density at radius 3 is 2.88 bits per heavy atom. The van der Waals surface area contributed by atoms with Gasteiger partial charge in [-0.15, -0.1) is 0 Å². The van der Waals surface area contributed by atoms with E-state index in [9.17, 15) is 4.79 Å². The van der Waals surface area contributed by atoms with Crippen molar-refractivity contribution < 1.29 is 4.79 Å². The van der Waals surface area contributed by atoms with Gasteiger partial charge in [-0.25, -0.2) is 0 Å². The van der Waals surface area contributed by atoms with E-state index in [4.69, 9.17) is 11.0 Å². The molecule has 0 radical (unpaired) electrons. The monoisotopic (exact) mass is 232 g/mol. The molecule has 0 aliphatic rings. The highest BCUT2D eigenvalue weighted by molar-refractivity contribution is 5.96. The van der Waals surface area contributed by atoms with Gasteiger partial charge in [0.15, 0.2) is 0 Å². The third-order valence-electron chi connectivity index (χ3n) is 2.49. The lowest BCUT2D eigenvalue weighted by Gasteiger charge is -2.20. The quantitative estimate of drug-likeness (QED) is 0.758. The maximum Gasteiger partial charge on any atom is 0.251 e. The van der Waals surface area contributed by atoms with E-state index in [0.717, 1.165) is 5.69 Å². The second-order valence-corrected chi connectivity index (χ2v) is 3.68. The Kier molecular flexibility index (Phi) is 4.35. The third kappa shape index (κ3) is 3.11. The summed E-state index contributed by atoms with van der Waals surface area (Å²) in [6.45, 7) is 0.581. The van der Waals surface area contributed by atoms with Gasteiger partial charge in [-0.2, -0.15) is 5.26 Å². The van der Waals surface area contributed by atoms with Crippen molar-refractivity contribution in [1.29, 1.82) is 5.26 Å². The Morgan fingerprint density at radius 1 is 1.59 bits per heavy atom. The van der Waals surface area contributed by atoms with Crippen LogP contribution >= 0.6 is 0 Å². The largest absolute Gasteiger partial charge is 0.397 e. The van der Waals surface area contributed by atoms with Crippen LogP contribution in [0.15, 0.2) is 18.2 Å². The van der Waals surface area contributed by atoms with Crippen LogP contribution < -0.4 is 16.0 Å². The number of amides is 1. The number of rotatable bonds is 4. The van der Waals surface area contributed by atoms with Crippen LogP contribution in [0.2, 0.25) is 0 Å². The number of hydrogen-bond acceptors (Lipinski definition) is 4. The Hall–Kier alpha value is -2.22. The minimum absolute atomic E-state index is 0.153. The number of nitrogens with zero attached hydrogens (tertiary/aromatic N) is 2. The van der Waals surface area contributed by atoms with Gasteiger partial charge >= 0.3 is 0 Å². The van der Waals surface area contributed by atoms with Crippen LogP contribution in [0.25, 0.3) is 0 Å². The lowest BCUT2D eigenvalue weighted by molar-refractivity contribution is 0.0963. The molecule has 0 saturated carbocycles. The molecule has 5 nitrogen and oxygen atoms in total. The summed E-state index contributed by atoms with van der Waals surface area (Å²) in [5.41, 5.74) is 7.76. The number of benzene rings is 1. The second-order valence-electron chi connectivity index (χ2n) is 3.68. The smallest absolute Gasteiger partial charge is 0.251 e. The molecule has 1 aromatic carbocycles. The van der Waals surface area contributed by atoms with Crippen LogP contribution in [0.5, 0.6) is 0 Å². The number of nitriles is 1. The molecule has 1 amide bonds. The van der Waals surface area contributed by atoms with Crippen molar-refractivity contribution in [3.8, 4) is 6.07 Å². The molecule has 0 saturated heterocycles. The van der Waals surface area contributed by atoms with Crippen LogP contribution in [0.3, 0.4) is 0 Å². The van der Waals surface area contributed by atoms with Crippen molar-refractivity contribution >= 4 is 17.3 Å². The maximum atomic E-state index is 11.5. The van der Waals surface area contributed by atoms with Crippen molar-refractivity contribution in [2.24, 2.45) is 0 Å². The standard InChI is InChI=1S/C12H16N4O/c1-15-12(17)9-4-5-10(14)11(8-9)16(2)7-3-6-13/h4-5,8H,3,7,14H2,1-2H3,(H,15,17). The lowest BCUT2D eigenvalue weighted by Crippen LogP contribution is -2.22. The van der Waals surface area contributed by atoms with E-state index in [0.29, 0.717) is 24.2 Å². The van der Waals surface area contributed by atoms with E-state index in [1.54, 1.807) is 25.2 Å². The fourth-order valence-corrected chi connectivity index (χ4v) is 1.50. The number of anilines is 2. The first kappa shape index (κ1) is 12.8. The molecule has 0 aliphatic heterocycles. The van der Waals surface area contributed by atoms with E-state index >= 15 is 0 Å². The van der Waals surface area contributed by atoms with Gasteiger partial charge < -0.3 is 16.0 Å². The number of nitrogens with two attached hydrogens (primary N) is 1. The molecule has 0 heterocycles. The Bertz CT molecular complexity index is 450. The van der Waals surface area contributed by atoms with Crippen LogP contribution in [0.4, 0.5) is 11.4 Å². The molecular weight excluding hydrogens is 216 g/mol. The molecule has 3 N–H and O–H groups in total. The first-order chi connectivity index (χ1) is 8.10. The summed E-state index contributed by atoms with van der Waals surface area (Å²) in [6.07, 6.45) is 0.417. The molecule has 0 fully saturated rings. The van der Waals surface area contributed by atoms with E-state index in [1.165, 1.54) is 0 Å². The van der Waals surface area contributed by atoms with Crippen molar-refractivity contribution in [1.82, 2.24) is 5.32 Å². The Morgan fingerprint density at radius 2 is 2.29 bits per heavy atom. The van der Waals surface area contributed by atoms with Crippen molar-refractivity contribution in [2.75, 3.05) is 31.3 Å². The Labute approximate surface area is 101 Å². The molecular formula is C12H16N4O. The summed E-state index contributed by atoms with van der Waals surface area (Å²) in [6, 6.07) is 7.18. The lowest BCUT2D eigenvalue weighted by atomic mass is 10.1. The molecule has 5 heteroatoms. The molecule has 0 unspecified atom stereocenters. The summed E-state index contributed by atoms with van der Waals surface area (Å²) in [5.74, 6) is -0.153. The van der Waals surface area contributed by atoms with Gasteiger partial charge in [0.25, 0.3) is 5.91 Å². The highest BCUT2D eigenvalue weighted by atomic mass is 16.1. The van der Waals surface area contributed by atoms with Crippen LogP contribution in [0, 0.1) is 11.3 Å². The van der Waals surface area contributed by atoms with Gasteiger partial charge in [0.05, 0.1) is 23.9 Å². The van der Waals surface area contributed by atoms with E-state index in [-0.39, 0.29) is 5.91 Å². The van der Waals surface area contributed by atoms with Gasteiger partial charge in [0.1, 0.15) is 0 Å². The second kappa shape index (κ2) is 5.75. The van der Waals surface area contributed by atoms with Gasteiger partial charge in [0, 0.05) is 26.2 Å². The van der Waals surface area contributed by atoms with E-state index in [1.807, 2.05) is 11.9 Å². The molecule has 90 valence electrons. The number of nitrogen functional groups attached to an aromatic ring is 1. The first-order valence-corrected chi connectivity index (χ1v) is 5.30. The summed E-state index contributed by atoms with van der Waals surface area (Å²) < 4.78 is 0. The zero-order valence-electron chi connectivity index (χ0n) is 10.0. The summed E-state index contributed by atoms with van der Waals surface area (Å²) in [7, 11) is 3.43. The topological polar surface area (TPSA) is 82.2 Å². The molecule has 0 aromatic heterocycles. The molecule has 1 rings (SSSR count). The fraction of sp³-hybridized carbons (Fsp3) is 0.333. The molecule has 0 spiro atoms. The normalized spacial score (nSPS) is 9.47. The molecule has 0 atom stereocenters. The molecule has 0 bridgehead atoms. The molecule has 17 heavy (non-hydrogen) atoms. The molecule has 0 aliphatic carbocycles. The van der Waals surface area contributed by atoms with Gasteiger partial charge in [-0.05, 0) is 18.2 Å². The highest BCUT2D eigenvalue weighted by Crippen LogP contribution is 2.23. The van der Waals surface area contributed by atoms with Crippen LogP contribution in [-0.4, -0.2) is 26.5 Å². The SMILES string of the molecule is CNC(=O)c1ccc(N)c(N(C)CCC#N)c1. The van der Waals surface area contributed by atoms with E-state index in [2.05, 4.69) is 11.4 Å². The van der Waals surface area contributed by atoms with E-state index < -0.39 is 0 Å². The third-order valence-corrected chi connectivity index (χ3v) is 2.49. The fourth-order valence-electron chi connectivity index (χ4n) is 1.50. The predicted molar refractivity (Wildman–Crippen MR) is 67.7 cm³/mol. The number of carbonyl (C=O) groups excluding carboxylic acids is 1. The van der Waals surface area contributed by atoms with Crippen LogP contribution in [0.1, 0.15) is 16.8 Å². The minimum atomic E-state index is -0.153. The predicted octanol–water partition coefficient (Wildman–Crippen LogP) is 0.978. The van der Waals surface area contributed by atoms with Crippen LogP contribution in [-0.2, 0) is 0 Å². The number of hydrogen-bond donors (Lipinski definition) is 2. The maximum absolute atomic E-state index is 11.5. The van der Waals surface area contributed by atoms with Gasteiger partial charge in [-0.1, -0.05) is 0 Å². The summed E-state index contributed by atoms with van der Waals surface area (Å²) in [4.78, 5) is 13.4.